The first kappa shape index (κ1) is 20.9. The molecular formula is C16H13N4NaO5S. The molecule has 0 atom stereocenters. The van der Waals surface area contributed by atoms with Crippen LogP contribution in [0.15, 0.2) is 69.7 Å². The summed E-state index contributed by atoms with van der Waals surface area (Å²) in [6, 6.07) is 12.9. The molecular weight excluding hydrogens is 383 g/mol. The molecule has 134 valence electrons. The number of hydrogen-bond donors (Lipinski definition) is 2. The Bertz CT molecular complexity index is 1160. The number of nitro benzene ring substituents is 1. The zero-order chi connectivity index (χ0) is 18.9. The van der Waals surface area contributed by atoms with Crippen LogP contribution < -0.4 is 5.73 Å². The van der Waals surface area contributed by atoms with Crippen LogP contribution in [-0.4, -0.2) is 47.5 Å². The van der Waals surface area contributed by atoms with E-state index in [9.17, 15) is 23.1 Å². The van der Waals surface area contributed by atoms with E-state index in [1.807, 2.05) is 0 Å². The molecule has 0 spiro atoms. The Kier molecular flexibility index (Phi) is 6.29. The maximum atomic E-state index is 11.7. The van der Waals surface area contributed by atoms with Crippen LogP contribution in [0.4, 0.5) is 22.7 Å². The summed E-state index contributed by atoms with van der Waals surface area (Å²) in [5.41, 5.74) is 6.25. The first-order chi connectivity index (χ1) is 12.3. The summed E-state index contributed by atoms with van der Waals surface area (Å²) in [6.07, 6.45) is 0. The SMILES string of the molecule is Nc1c(/N=N/c2cccc([N+](=O)[O-])c2)cc(S(=O)(=O)O)c2ccccc12.[NaH]. The molecule has 0 aliphatic rings. The van der Waals surface area contributed by atoms with E-state index in [0.717, 1.165) is 6.07 Å². The first-order valence-corrected chi connectivity index (χ1v) is 8.66. The van der Waals surface area contributed by atoms with Crippen LogP contribution in [0.2, 0.25) is 0 Å². The van der Waals surface area contributed by atoms with Crippen molar-refractivity contribution in [2.75, 3.05) is 5.73 Å². The van der Waals surface area contributed by atoms with Crippen LogP contribution >= 0.6 is 0 Å². The van der Waals surface area contributed by atoms with Crippen molar-refractivity contribution in [1.82, 2.24) is 0 Å². The van der Waals surface area contributed by atoms with Crippen LogP contribution in [0.5, 0.6) is 0 Å². The molecule has 0 saturated carbocycles. The fraction of sp³-hybridized carbons (Fsp3) is 0. The second-order valence-electron chi connectivity index (χ2n) is 5.31. The number of nitrogens with two attached hydrogens (primary N) is 1. The maximum absolute atomic E-state index is 11.7. The Morgan fingerprint density at radius 2 is 1.67 bits per heavy atom. The van der Waals surface area contributed by atoms with Crippen molar-refractivity contribution in [3.8, 4) is 0 Å². The van der Waals surface area contributed by atoms with E-state index in [1.54, 1.807) is 18.2 Å². The van der Waals surface area contributed by atoms with Gasteiger partial charge in [0, 0.05) is 22.9 Å². The molecule has 27 heavy (non-hydrogen) atoms. The molecule has 3 aromatic carbocycles. The molecule has 9 nitrogen and oxygen atoms in total. The number of rotatable bonds is 4. The van der Waals surface area contributed by atoms with Crippen molar-refractivity contribution < 1.29 is 17.9 Å². The van der Waals surface area contributed by atoms with Gasteiger partial charge in [-0.05, 0) is 12.1 Å². The molecule has 0 aliphatic carbocycles. The Hall–Kier alpha value is -2.37. The summed E-state index contributed by atoms with van der Waals surface area (Å²) in [6.45, 7) is 0. The summed E-state index contributed by atoms with van der Waals surface area (Å²) >= 11 is 0. The minimum absolute atomic E-state index is 0. The molecule has 0 fully saturated rings. The number of fused-ring (bicyclic) bond motifs is 1. The van der Waals surface area contributed by atoms with Crippen molar-refractivity contribution in [3.05, 3.63) is 64.7 Å². The van der Waals surface area contributed by atoms with Gasteiger partial charge < -0.3 is 5.73 Å². The Morgan fingerprint density at radius 3 is 2.30 bits per heavy atom. The fourth-order valence-electron chi connectivity index (χ4n) is 2.43. The first-order valence-electron chi connectivity index (χ1n) is 7.22. The van der Waals surface area contributed by atoms with Gasteiger partial charge in [-0.25, -0.2) is 0 Å². The van der Waals surface area contributed by atoms with Gasteiger partial charge in [-0.3, -0.25) is 14.7 Å². The Balaban J connectivity index is 0.00000261. The molecule has 0 bridgehead atoms. The van der Waals surface area contributed by atoms with Crippen molar-refractivity contribution in [2.45, 2.75) is 4.90 Å². The van der Waals surface area contributed by atoms with Gasteiger partial charge in [0.15, 0.2) is 0 Å². The van der Waals surface area contributed by atoms with Crippen molar-refractivity contribution in [2.24, 2.45) is 10.2 Å². The molecule has 0 amide bonds. The quantitative estimate of drug-likeness (QED) is 0.172. The zero-order valence-electron chi connectivity index (χ0n) is 13.1. The predicted molar refractivity (Wildman–Crippen MR) is 103 cm³/mol. The molecule has 0 unspecified atom stereocenters. The van der Waals surface area contributed by atoms with Crippen molar-refractivity contribution in [1.29, 1.82) is 0 Å². The van der Waals surface area contributed by atoms with Crippen LogP contribution in [0.3, 0.4) is 0 Å². The van der Waals surface area contributed by atoms with Crippen LogP contribution in [0, 0.1) is 10.1 Å². The van der Waals surface area contributed by atoms with Gasteiger partial charge >= 0.3 is 29.6 Å². The number of hydrogen-bond acceptors (Lipinski definition) is 7. The molecule has 0 heterocycles. The number of anilines is 1. The molecule has 11 heteroatoms. The van der Waals surface area contributed by atoms with Gasteiger partial charge in [0.1, 0.15) is 10.6 Å². The average molecular weight is 396 g/mol. The fourth-order valence-corrected chi connectivity index (χ4v) is 3.14. The molecule has 0 aromatic heterocycles. The van der Waals surface area contributed by atoms with E-state index in [0.29, 0.717) is 5.39 Å². The van der Waals surface area contributed by atoms with Gasteiger partial charge in [0.25, 0.3) is 15.8 Å². The number of nitro groups is 1. The number of nitrogens with zero attached hydrogens (tertiary/aromatic N) is 3. The molecule has 0 aliphatic heterocycles. The zero-order valence-corrected chi connectivity index (χ0v) is 13.9. The normalized spacial score (nSPS) is 11.4. The van der Waals surface area contributed by atoms with E-state index in [4.69, 9.17) is 5.73 Å². The molecule has 0 radical (unpaired) electrons. The third-order valence-electron chi connectivity index (χ3n) is 3.62. The number of non-ortho nitro benzene ring substituents is 1. The van der Waals surface area contributed by atoms with E-state index >= 15 is 0 Å². The Labute approximate surface area is 176 Å². The monoisotopic (exact) mass is 396 g/mol. The summed E-state index contributed by atoms with van der Waals surface area (Å²) in [5.74, 6) is 0. The summed E-state index contributed by atoms with van der Waals surface area (Å²) in [7, 11) is -4.52. The van der Waals surface area contributed by atoms with Crippen LogP contribution in [0.25, 0.3) is 10.8 Å². The molecule has 3 N–H and O–H groups in total. The van der Waals surface area contributed by atoms with Gasteiger partial charge in [0.2, 0.25) is 0 Å². The predicted octanol–water partition coefficient (Wildman–Crippen LogP) is 3.34. The van der Waals surface area contributed by atoms with Crippen molar-refractivity contribution >= 4 is 73.2 Å². The van der Waals surface area contributed by atoms with E-state index < -0.39 is 15.0 Å². The van der Waals surface area contributed by atoms with Crippen LogP contribution in [0.1, 0.15) is 0 Å². The molecule has 3 aromatic rings. The minimum atomic E-state index is -4.52. The molecule has 3 rings (SSSR count). The Morgan fingerprint density at radius 1 is 1.00 bits per heavy atom. The van der Waals surface area contributed by atoms with Gasteiger partial charge in [0.05, 0.1) is 16.3 Å². The average Bonchev–Trinajstić information content (AvgIpc) is 2.60. The second kappa shape index (κ2) is 8.11. The standard InChI is InChI=1S/C16H12N4O5S.Na.H/c17-16-13-7-2-1-6-12(13)15(26(23,24)25)9-14(16)19-18-10-4-3-5-11(8-10)20(21)22;;/h1-9H,17H2,(H,23,24,25);;/b19-18+;;. The van der Waals surface area contributed by atoms with Gasteiger partial charge in [-0.15, -0.1) is 5.11 Å². The third kappa shape index (κ3) is 4.49. The second-order valence-corrected chi connectivity index (χ2v) is 6.70. The van der Waals surface area contributed by atoms with E-state index in [2.05, 4.69) is 10.2 Å². The van der Waals surface area contributed by atoms with Gasteiger partial charge in [-0.2, -0.15) is 13.5 Å². The summed E-state index contributed by atoms with van der Waals surface area (Å²) in [4.78, 5) is 9.88. The summed E-state index contributed by atoms with van der Waals surface area (Å²) < 4.78 is 32.8. The van der Waals surface area contributed by atoms with Crippen LogP contribution in [-0.2, 0) is 10.1 Å². The number of benzene rings is 3. The van der Waals surface area contributed by atoms with Crippen molar-refractivity contribution in [3.63, 3.8) is 0 Å². The third-order valence-corrected chi connectivity index (χ3v) is 4.51. The molecule has 0 saturated heterocycles. The number of azo groups is 1. The van der Waals surface area contributed by atoms with Gasteiger partial charge in [-0.1, -0.05) is 30.3 Å². The van der Waals surface area contributed by atoms with E-state index in [-0.39, 0.29) is 62.6 Å². The van der Waals surface area contributed by atoms with E-state index in [1.165, 1.54) is 30.3 Å². The topological polar surface area (TPSA) is 148 Å². The summed E-state index contributed by atoms with van der Waals surface area (Å²) in [5, 5.41) is 19.2. The number of nitrogen functional groups attached to an aromatic ring is 1.